The number of likely N-dealkylation sites (N-methyl/N-ethyl adjacent to an activating group) is 1. The molecule has 0 bridgehead atoms. The number of ether oxygens (including phenoxy) is 1. The van der Waals surface area contributed by atoms with Crippen molar-refractivity contribution in [3.63, 3.8) is 0 Å². The number of hydrogen-bond donors (Lipinski definition) is 1. The van der Waals surface area contributed by atoms with Crippen molar-refractivity contribution in [2.75, 3.05) is 40.4 Å². The van der Waals surface area contributed by atoms with Crippen molar-refractivity contribution >= 4 is 5.91 Å². The predicted molar refractivity (Wildman–Crippen MR) is 92.4 cm³/mol. The third kappa shape index (κ3) is 5.00. The lowest BCUT2D eigenvalue weighted by molar-refractivity contribution is -0.141. The molecular weight excluding hydrogens is 306 g/mol. The van der Waals surface area contributed by atoms with Crippen LogP contribution < -0.4 is 0 Å². The van der Waals surface area contributed by atoms with Crippen LogP contribution in [0.25, 0.3) is 0 Å². The lowest BCUT2D eigenvalue weighted by Crippen LogP contribution is -2.54. The molecule has 1 fully saturated rings. The van der Waals surface area contributed by atoms with Crippen LogP contribution in [0.1, 0.15) is 25.3 Å². The molecule has 0 spiro atoms. The summed E-state index contributed by atoms with van der Waals surface area (Å²) in [6, 6.07) is 3.92. The number of methoxy groups -OCH3 is 1. The number of rotatable bonds is 7. The second kappa shape index (κ2) is 8.55. The Labute approximate surface area is 144 Å². The fourth-order valence-electron chi connectivity index (χ4n) is 3.23. The molecule has 1 N–H and O–H groups in total. The van der Waals surface area contributed by atoms with Gasteiger partial charge in [-0.1, -0.05) is 6.92 Å². The average molecular weight is 335 g/mol. The van der Waals surface area contributed by atoms with Gasteiger partial charge in [0.05, 0.1) is 12.1 Å². The molecule has 1 amide bonds. The fraction of sp³-hybridized carbons (Fsp3) is 0.667. The van der Waals surface area contributed by atoms with E-state index in [-0.39, 0.29) is 11.8 Å². The molecule has 2 rings (SSSR count). The molecule has 6 heteroatoms. The van der Waals surface area contributed by atoms with Gasteiger partial charge < -0.3 is 14.7 Å². The van der Waals surface area contributed by atoms with Gasteiger partial charge in [0.2, 0.25) is 5.91 Å². The molecule has 134 valence electrons. The van der Waals surface area contributed by atoms with Gasteiger partial charge >= 0.3 is 0 Å². The normalized spacial score (nSPS) is 24.4. The Morgan fingerprint density at radius 2 is 2.21 bits per heavy atom. The molecule has 1 aliphatic heterocycles. The minimum Gasteiger partial charge on any atom is -0.389 e. The monoisotopic (exact) mass is 335 g/mol. The first kappa shape index (κ1) is 18.8. The van der Waals surface area contributed by atoms with E-state index in [1.807, 2.05) is 35.9 Å². The maximum Gasteiger partial charge on any atom is 0.236 e. The Morgan fingerprint density at radius 3 is 2.83 bits per heavy atom. The fourth-order valence-corrected chi connectivity index (χ4v) is 3.23. The maximum atomic E-state index is 12.5. The molecule has 0 aliphatic carbocycles. The topological polar surface area (TPSA) is 65.9 Å². The minimum atomic E-state index is -0.726. The Balaban J connectivity index is 1.83. The SMILES string of the molecule is COCCC1(O)CCN(C(=O)CN(C)Cc2ccncc2)CC1C. The van der Waals surface area contributed by atoms with Crippen molar-refractivity contribution in [1.82, 2.24) is 14.8 Å². The summed E-state index contributed by atoms with van der Waals surface area (Å²) in [4.78, 5) is 20.4. The van der Waals surface area contributed by atoms with Crippen LogP contribution in [0.4, 0.5) is 0 Å². The Hall–Kier alpha value is -1.50. The molecule has 1 aromatic rings. The molecule has 2 atom stereocenters. The number of nitrogens with zero attached hydrogens (tertiary/aromatic N) is 3. The quantitative estimate of drug-likeness (QED) is 0.810. The highest BCUT2D eigenvalue weighted by molar-refractivity contribution is 5.78. The Morgan fingerprint density at radius 1 is 1.50 bits per heavy atom. The molecule has 0 saturated carbocycles. The zero-order valence-corrected chi connectivity index (χ0v) is 14.9. The molecular formula is C18H29N3O3. The lowest BCUT2D eigenvalue weighted by atomic mass is 9.80. The van der Waals surface area contributed by atoms with Gasteiger partial charge in [0.15, 0.2) is 0 Å². The summed E-state index contributed by atoms with van der Waals surface area (Å²) in [5, 5.41) is 10.7. The third-order valence-electron chi connectivity index (χ3n) is 4.93. The van der Waals surface area contributed by atoms with Gasteiger partial charge in [-0.3, -0.25) is 14.7 Å². The number of pyridine rings is 1. The van der Waals surface area contributed by atoms with E-state index in [9.17, 15) is 9.90 Å². The van der Waals surface area contributed by atoms with Gasteiger partial charge in [-0.15, -0.1) is 0 Å². The summed E-state index contributed by atoms with van der Waals surface area (Å²) in [6.07, 6.45) is 4.75. The number of aliphatic hydroxyl groups is 1. The zero-order valence-electron chi connectivity index (χ0n) is 14.9. The van der Waals surface area contributed by atoms with Gasteiger partial charge in [-0.25, -0.2) is 0 Å². The zero-order chi connectivity index (χ0) is 17.6. The second-order valence-corrected chi connectivity index (χ2v) is 6.86. The van der Waals surface area contributed by atoms with Gasteiger partial charge in [0, 0.05) is 51.7 Å². The van der Waals surface area contributed by atoms with Crippen molar-refractivity contribution in [3.05, 3.63) is 30.1 Å². The standard InChI is InChI=1S/C18H29N3O3/c1-15-12-21(10-6-18(15,23)7-11-24-3)17(22)14-20(2)13-16-4-8-19-9-5-16/h4-5,8-9,15,23H,6-7,10-14H2,1-3H3. The molecule has 24 heavy (non-hydrogen) atoms. The maximum absolute atomic E-state index is 12.5. The van der Waals surface area contributed by atoms with Crippen LogP contribution in [-0.2, 0) is 16.1 Å². The van der Waals surface area contributed by atoms with E-state index in [0.717, 1.165) is 12.1 Å². The third-order valence-corrected chi connectivity index (χ3v) is 4.93. The van der Waals surface area contributed by atoms with Crippen LogP contribution in [-0.4, -0.2) is 71.8 Å². The number of piperidine rings is 1. The first-order chi connectivity index (χ1) is 11.4. The van der Waals surface area contributed by atoms with Crippen molar-refractivity contribution in [3.8, 4) is 0 Å². The van der Waals surface area contributed by atoms with Crippen molar-refractivity contribution in [2.45, 2.75) is 31.9 Å². The van der Waals surface area contributed by atoms with E-state index in [1.54, 1.807) is 19.5 Å². The van der Waals surface area contributed by atoms with Crippen molar-refractivity contribution in [2.24, 2.45) is 5.92 Å². The van der Waals surface area contributed by atoms with Crippen LogP contribution in [0.3, 0.4) is 0 Å². The van der Waals surface area contributed by atoms with Crippen molar-refractivity contribution < 1.29 is 14.6 Å². The summed E-state index contributed by atoms with van der Waals surface area (Å²) in [5.41, 5.74) is 0.414. The number of carbonyl (C=O) groups excluding carboxylic acids is 1. The Bertz CT molecular complexity index is 526. The predicted octanol–water partition coefficient (Wildman–Crippen LogP) is 1.15. The number of hydrogen-bond acceptors (Lipinski definition) is 5. The van der Waals surface area contributed by atoms with E-state index >= 15 is 0 Å². The second-order valence-electron chi connectivity index (χ2n) is 6.86. The summed E-state index contributed by atoms with van der Waals surface area (Å²) < 4.78 is 5.09. The summed E-state index contributed by atoms with van der Waals surface area (Å²) in [7, 11) is 3.59. The highest BCUT2D eigenvalue weighted by atomic mass is 16.5. The molecule has 2 unspecified atom stereocenters. The lowest BCUT2D eigenvalue weighted by Gasteiger charge is -2.43. The van der Waals surface area contributed by atoms with Gasteiger partial charge in [-0.2, -0.15) is 0 Å². The molecule has 0 radical (unpaired) electrons. The number of carbonyl (C=O) groups is 1. The smallest absolute Gasteiger partial charge is 0.236 e. The van der Waals surface area contributed by atoms with Crippen LogP contribution in [0.2, 0.25) is 0 Å². The average Bonchev–Trinajstić information content (AvgIpc) is 2.56. The van der Waals surface area contributed by atoms with Crippen LogP contribution in [0, 0.1) is 5.92 Å². The number of aromatic nitrogens is 1. The first-order valence-electron chi connectivity index (χ1n) is 8.51. The molecule has 2 heterocycles. The molecule has 6 nitrogen and oxygen atoms in total. The molecule has 1 saturated heterocycles. The first-order valence-corrected chi connectivity index (χ1v) is 8.51. The van der Waals surface area contributed by atoms with Gasteiger partial charge in [-0.05, 0) is 37.6 Å². The summed E-state index contributed by atoms with van der Waals surface area (Å²) in [5.74, 6) is 0.169. The molecule has 1 aromatic heterocycles. The van der Waals surface area contributed by atoms with E-state index in [2.05, 4.69) is 4.98 Å². The van der Waals surface area contributed by atoms with E-state index in [4.69, 9.17) is 4.74 Å². The largest absolute Gasteiger partial charge is 0.389 e. The van der Waals surface area contributed by atoms with Crippen LogP contribution >= 0.6 is 0 Å². The van der Waals surface area contributed by atoms with Crippen LogP contribution in [0.5, 0.6) is 0 Å². The minimum absolute atomic E-state index is 0.0517. The van der Waals surface area contributed by atoms with E-state index in [0.29, 0.717) is 39.1 Å². The van der Waals surface area contributed by atoms with E-state index < -0.39 is 5.60 Å². The molecule has 1 aliphatic rings. The summed E-state index contributed by atoms with van der Waals surface area (Å²) in [6.45, 7) is 4.86. The Kier molecular flexibility index (Phi) is 6.71. The van der Waals surface area contributed by atoms with Gasteiger partial charge in [0.25, 0.3) is 0 Å². The van der Waals surface area contributed by atoms with Gasteiger partial charge in [0.1, 0.15) is 0 Å². The highest BCUT2D eigenvalue weighted by Crippen LogP contribution is 2.31. The number of likely N-dealkylation sites (tertiary alicyclic amines) is 1. The number of amides is 1. The van der Waals surface area contributed by atoms with Crippen LogP contribution in [0.15, 0.2) is 24.5 Å². The summed E-state index contributed by atoms with van der Waals surface area (Å²) >= 11 is 0. The molecule has 0 aromatic carbocycles. The van der Waals surface area contributed by atoms with Crippen molar-refractivity contribution in [1.29, 1.82) is 0 Å². The highest BCUT2D eigenvalue weighted by Gasteiger charge is 2.39. The van der Waals surface area contributed by atoms with E-state index in [1.165, 1.54) is 0 Å².